The minimum Gasteiger partial charge on any atom is -0.487 e. The van der Waals surface area contributed by atoms with Crippen molar-refractivity contribution in [2.75, 3.05) is 33.3 Å². The molecule has 0 radical (unpaired) electrons. The molecule has 3 atom stereocenters. The number of carbonyl (C=O) groups excluding carboxylic acids is 1. The van der Waals surface area contributed by atoms with Gasteiger partial charge in [0, 0.05) is 74.3 Å². The Kier molecular flexibility index (Phi) is 6.51. The van der Waals surface area contributed by atoms with Crippen LogP contribution in [0.1, 0.15) is 45.2 Å². The summed E-state index contributed by atoms with van der Waals surface area (Å²) in [4.78, 5) is 21.8. The third kappa shape index (κ3) is 4.63. The Bertz CT molecular complexity index is 1340. The summed E-state index contributed by atoms with van der Waals surface area (Å²) in [7, 11) is 1.56. The zero-order valence-corrected chi connectivity index (χ0v) is 22.5. The van der Waals surface area contributed by atoms with Gasteiger partial charge in [0.1, 0.15) is 23.3 Å². The number of rotatable bonds is 5. The molecule has 1 spiro atoms. The van der Waals surface area contributed by atoms with Crippen LogP contribution in [-0.2, 0) is 4.79 Å². The first kappa shape index (κ1) is 25.7. The minimum atomic E-state index is -0.685. The number of ether oxygens (including phenoxy) is 2. The molecule has 0 N–H and O–H groups in total. The van der Waals surface area contributed by atoms with Crippen LogP contribution in [0.25, 0.3) is 5.70 Å². The lowest BCUT2D eigenvalue weighted by Crippen LogP contribution is -2.45. The second-order valence-corrected chi connectivity index (χ2v) is 11.1. The number of hydrogen-bond donors (Lipinski definition) is 0. The number of amides is 1. The fourth-order valence-electron chi connectivity index (χ4n) is 6.66. The van der Waals surface area contributed by atoms with Gasteiger partial charge in [0.25, 0.3) is 0 Å². The third-order valence-electron chi connectivity index (χ3n) is 8.91. The smallest absolute Gasteiger partial charge is 0.233 e. The van der Waals surface area contributed by atoms with E-state index >= 15 is 0 Å². The van der Waals surface area contributed by atoms with Crippen LogP contribution >= 0.6 is 0 Å². The Morgan fingerprint density at radius 1 is 1.10 bits per heavy atom. The molecule has 2 saturated heterocycles. The van der Waals surface area contributed by atoms with Crippen LogP contribution < -0.4 is 9.47 Å². The summed E-state index contributed by atoms with van der Waals surface area (Å²) < 4.78 is 38.7. The molecule has 1 aromatic carbocycles. The number of aromatic nitrogens is 2. The second-order valence-electron chi connectivity index (χ2n) is 11.1. The highest BCUT2D eigenvalue weighted by Gasteiger charge is 2.63. The Morgan fingerprint density at radius 3 is 2.56 bits per heavy atom. The van der Waals surface area contributed by atoms with E-state index in [0.29, 0.717) is 50.0 Å². The van der Waals surface area contributed by atoms with Gasteiger partial charge in [-0.1, -0.05) is 6.92 Å². The fourth-order valence-corrected chi connectivity index (χ4v) is 6.66. The molecule has 39 heavy (non-hydrogen) atoms. The summed E-state index contributed by atoms with van der Waals surface area (Å²) in [6.45, 7) is 6.61. The SMILES string of the molecule is COc1ccc(C2=C(N3CCC(Oc4ccc(F)cc4F)CC3)C(C)C3CC34CCN(C(C)=O)CC4=N2)nn1. The van der Waals surface area contributed by atoms with E-state index in [1.165, 1.54) is 12.1 Å². The van der Waals surface area contributed by atoms with Crippen molar-refractivity contribution in [1.29, 1.82) is 0 Å². The molecule has 4 aliphatic rings. The summed E-state index contributed by atoms with van der Waals surface area (Å²) in [5.41, 5.74) is 3.70. The molecule has 8 nitrogen and oxygen atoms in total. The second kappa shape index (κ2) is 9.88. The summed E-state index contributed by atoms with van der Waals surface area (Å²) in [5, 5.41) is 8.68. The zero-order valence-electron chi connectivity index (χ0n) is 22.5. The van der Waals surface area contributed by atoms with Crippen molar-refractivity contribution in [2.24, 2.45) is 22.2 Å². The number of aliphatic imine (C=N–C) groups is 1. The summed E-state index contributed by atoms with van der Waals surface area (Å²) in [5.74, 6) is -0.0406. The Morgan fingerprint density at radius 2 is 1.90 bits per heavy atom. The summed E-state index contributed by atoms with van der Waals surface area (Å²) >= 11 is 0. The molecule has 10 heteroatoms. The lowest BCUT2D eigenvalue weighted by Gasteiger charge is -2.38. The molecule has 6 rings (SSSR count). The molecule has 3 unspecified atom stereocenters. The summed E-state index contributed by atoms with van der Waals surface area (Å²) in [6.07, 6.45) is 3.22. The number of carbonyl (C=O) groups is 1. The number of methoxy groups -OCH3 is 1. The van der Waals surface area contributed by atoms with E-state index in [9.17, 15) is 13.6 Å². The maximum Gasteiger partial charge on any atom is 0.233 e. The van der Waals surface area contributed by atoms with Crippen molar-refractivity contribution < 1.29 is 23.0 Å². The molecule has 1 aromatic heterocycles. The normalized spacial score (nSPS) is 26.8. The van der Waals surface area contributed by atoms with Crippen LogP contribution in [0.5, 0.6) is 11.6 Å². The number of nitrogens with zero attached hydrogens (tertiary/aromatic N) is 5. The van der Waals surface area contributed by atoms with E-state index < -0.39 is 11.6 Å². The van der Waals surface area contributed by atoms with Gasteiger partial charge in [0.2, 0.25) is 11.8 Å². The highest BCUT2D eigenvalue weighted by Crippen LogP contribution is 2.64. The van der Waals surface area contributed by atoms with Crippen LogP contribution in [0.3, 0.4) is 0 Å². The monoisotopic (exact) mass is 537 g/mol. The van der Waals surface area contributed by atoms with Gasteiger partial charge in [-0.25, -0.2) is 8.78 Å². The predicted octanol–water partition coefficient (Wildman–Crippen LogP) is 4.32. The lowest BCUT2D eigenvalue weighted by atomic mass is 9.84. The molecule has 1 amide bonds. The lowest BCUT2D eigenvalue weighted by molar-refractivity contribution is -0.128. The van der Waals surface area contributed by atoms with Gasteiger partial charge in [-0.05, 0) is 37.0 Å². The number of benzene rings is 1. The van der Waals surface area contributed by atoms with Crippen molar-refractivity contribution in [3.05, 3.63) is 53.4 Å². The maximum atomic E-state index is 14.2. The maximum absolute atomic E-state index is 14.2. The molecule has 206 valence electrons. The predicted molar refractivity (Wildman–Crippen MR) is 141 cm³/mol. The van der Waals surface area contributed by atoms with Gasteiger partial charge in [-0.3, -0.25) is 9.79 Å². The zero-order chi connectivity index (χ0) is 27.3. The van der Waals surface area contributed by atoms with E-state index in [1.54, 1.807) is 20.1 Å². The molecule has 0 bridgehead atoms. The molecule has 2 aromatic rings. The summed E-state index contributed by atoms with van der Waals surface area (Å²) in [6, 6.07) is 7.09. The molecular weight excluding hydrogens is 504 g/mol. The van der Waals surface area contributed by atoms with Gasteiger partial charge in [-0.15, -0.1) is 10.2 Å². The van der Waals surface area contributed by atoms with Gasteiger partial charge in [0.15, 0.2) is 11.6 Å². The highest BCUT2D eigenvalue weighted by atomic mass is 19.1. The highest BCUT2D eigenvalue weighted by molar-refractivity contribution is 6.01. The topological polar surface area (TPSA) is 80.2 Å². The molecular formula is C29H33F2N5O3. The standard InChI is InChI=1S/C29H33F2N5O3/c1-17-21-15-29(21)10-13-36(18(2)37)16-25(29)32-27(23-5-7-26(38-3)34-33-23)28(17)35-11-8-20(9-12-35)39-24-6-4-19(30)14-22(24)31/h4-7,14,17,20-21H,8-13,15-16H2,1-3H3. The molecule has 3 aliphatic heterocycles. The first-order valence-electron chi connectivity index (χ1n) is 13.6. The Balaban J connectivity index is 1.32. The van der Waals surface area contributed by atoms with Crippen molar-refractivity contribution in [3.8, 4) is 11.6 Å². The van der Waals surface area contributed by atoms with Crippen molar-refractivity contribution in [1.82, 2.24) is 20.0 Å². The fraction of sp³-hybridized carbons (Fsp3) is 0.517. The van der Waals surface area contributed by atoms with Gasteiger partial charge >= 0.3 is 0 Å². The molecule has 1 aliphatic carbocycles. The number of likely N-dealkylation sites (tertiary alicyclic amines) is 2. The van der Waals surface area contributed by atoms with Crippen LogP contribution in [0.15, 0.2) is 41.0 Å². The Labute approximate surface area is 226 Å². The third-order valence-corrected chi connectivity index (χ3v) is 8.91. The van der Waals surface area contributed by atoms with Crippen molar-refractivity contribution in [2.45, 2.75) is 45.6 Å². The van der Waals surface area contributed by atoms with E-state index in [4.69, 9.17) is 14.5 Å². The van der Waals surface area contributed by atoms with Gasteiger partial charge < -0.3 is 19.3 Å². The minimum absolute atomic E-state index is 0.0276. The van der Waals surface area contributed by atoms with E-state index in [1.807, 2.05) is 11.0 Å². The Hall–Kier alpha value is -3.56. The van der Waals surface area contributed by atoms with E-state index in [0.717, 1.165) is 42.6 Å². The van der Waals surface area contributed by atoms with E-state index in [2.05, 4.69) is 22.0 Å². The average molecular weight is 538 g/mol. The number of piperidine rings is 2. The van der Waals surface area contributed by atoms with Crippen LogP contribution in [0, 0.1) is 28.9 Å². The average Bonchev–Trinajstić information content (AvgIpc) is 3.67. The first-order chi connectivity index (χ1) is 18.8. The van der Waals surface area contributed by atoms with Gasteiger partial charge in [0.05, 0.1) is 13.7 Å². The van der Waals surface area contributed by atoms with Crippen LogP contribution in [-0.4, -0.2) is 71.0 Å². The molecule has 1 saturated carbocycles. The van der Waals surface area contributed by atoms with Crippen molar-refractivity contribution >= 4 is 17.3 Å². The largest absolute Gasteiger partial charge is 0.487 e. The first-order valence-corrected chi connectivity index (χ1v) is 13.6. The number of hydrogen-bond acceptors (Lipinski definition) is 7. The van der Waals surface area contributed by atoms with Crippen LogP contribution in [0.2, 0.25) is 0 Å². The molecule has 4 heterocycles. The number of allylic oxidation sites excluding steroid dienone is 1. The quantitative estimate of drug-likeness (QED) is 0.565. The van der Waals surface area contributed by atoms with Crippen LogP contribution in [0.4, 0.5) is 8.78 Å². The number of halogens is 2. The van der Waals surface area contributed by atoms with E-state index in [-0.39, 0.29) is 29.1 Å². The van der Waals surface area contributed by atoms with Crippen molar-refractivity contribution in [3.63, 3.8) is 0 Å². The van der Waals surface area contributed by atoms with Gasteiger partial charge in [-0.2, -0.15) is 0 Å². The molecule has 3 fully saturated rings.